The van der Waals surface area contributed by atoms with Gasteiger partial charge in [0.05, 0.1) is 43.6 Å². The zero-order chi connectivity index (χ0) is 27.8. The fourth-order valence-corrected chi connectivity index (χ4v) is 4.92. The number of aromatic nitrogens is 6. The summed E-state index contributed by atoms with van der Waals surface area (Å²) in [5.74, 6) is 1.86. The van der Waals surface area contributed by atoms with Crippen LogP contribution in [0.4, 0.5) is 25.1 Å². The number of hydrogen-bond donors (Lipinski definition) is 1. The molecular weight excluding hydrogens is 557 g/mol. The fraction of sp³-hybridized carbons (Fsp3) is 0.500. The van der Waals surface area contributed by atoms with Crippen molar-refractivity contribution in [2.75, 3.05) is 67.6 Å². The number of morpholine rings is 1. The first-order valence-electron chi connectivity index (χ1n) is 12.3. The van der Waals surface area contributed by atoms with Crippen molar-refractivity contribution in [3.63, 3.8) is 0 Å². The van der Waals surface area contributed by atoms with E-state index >= 15 is 0 Å². The lowest BCUT2D eigenvalue weighted by atomic mass is 10.3. The normalized spacial score (nSPS) is 15.4. The predicted octanol–water partition coefficient (Wildman–Crippen LogP) is 4.26. The maximum atomic E-state index is 13.7. The molecule has 15 heteroatoms. The minimum atomic E-state index is -4.62. The lowest BCUT2D eigenvalue weighted by Gasteiger charge is -2.27. The molecule has 0 unspecified atom stereocenters. The SMILES string of the molecule is CS(C)(C)CCOCn1c(CNc2nc(N3CCOCC3)nc3c(C(F)(F)F)cnn23)nc2cc(Cl)ccc21. The molecule has 10 nitrogen and oxygen atoms in total. The Kier molecular flexibility index (Phi) is 7.82. The van der Waals surface area contributed by atoms with Gasteiger partial charge < -0.3 is 24.3 Å². The standard InChI is InChI=1S/C24H30ClF3N8O2S/c1-39(2,3)11-10-38-15-35-19-5-4-16(25)12-18(19)31-20(35)14-29-22-33-23(34-6-8-37-9-7-34)32-21-17(24(26,27)28)13-30-36(21)22/h4-5,12-13H,6-11,14-15H2,1-3H3,(H,29,32,33). The van der Waals surface area contributed by atoms with E-state index in [0.717, 1.165) is 22.0 Å². The topological polar surface area (TPSA) is 94.6 Å². The number of fused-ring (bicyclic) bond motifs is 2. The molecule has 1 fully saturated rings. The van der Waals surface area contributed by atoms with E-state index in [4.69, 9.17) is 26.1 Å². The monoisotopic (exact) mass is 586 g/mol. The summed E-state index contributed by atoms with van der Waals surface area (Å²) >= 11 is 6.20. The fourth-order valence-electron chi connectivity index (χ4n) is 4.14. The van der Waals surface area contributed by atoms with Gasteiger partial charge in [-0.2, -0.15) is 32.8 Å². The Morgan fingerprint density at radius 3 is 2.62 bits per heavy atom. The van der Waals surface area contributed by atoms with Crippen LogP contribution < -0.4 is 10.2 Å². The molecule has 1 saturated heterocycles. The number of imidazole rings is 1. The van der Waals surface area contributed by atoms with E-state index in [1.54, 1.807) is 17.0 Å². The number of alkyl halides is 3. The third kappa shape index (κ3) is 6.34. The molecule has 0 saturated carbocycles. The molecule has 0 amide bonds. The van der Waals surface area contributed by atoms with Crippen molar-refractivity contribution >= 4 is 50.2 Å². The molecule has 0 radical (unpaired) electrons. The molecule has 3 aromatic heterocycles. The molecule has 39 heavy (non-hydrogen) atoms. The van der Waals surface area contributed by atoms with Gasteiger partial charge in [-0.15, -0.1) is 0 Å². The summed E-state index contributed by atoms with van der Waals surface area (Å²) in [4.78, 5) is 15.3. The number of halogens is 4. The second-order valence-corrected chi connectivity index (χ2v) is 15.0. The Hall–Kier alpha value is -2.81. The second kappa shape index (κ2) is 11.0. The van der Waals surface area contributed by atoms with Crippen LogP contribution in [0.1, 0.15) is 11.4 Å². The van der Waals surface area contributed by atoms with E-state index in [1.807, 2.05) is 10.6 Å². The van der Waals surface area contributed by atoms with E-state index in [0.29, 0.717) is 49.3 Å². The molecule has 1 aromatic carbocycles. The van der Waals surface area contributed by atoms with Crippen molar-refractivity contribution in [3.8, 4) is 0 Å². The van der Waals surface area contributed by atoms with E-state index in [1.165, 1.54) is 0 Å². The molecule has 5 rings (SSSR count). The average Bonchev–Trinajstić information content (AvgIpc) is 3.46. The summed E-state index contributed by atoms with van der Waals surface area (Å²) in [6.07, 6.45) is 2.84. The lowest BCUT2D eigenvalue weighted by Crippen LogP contribution is -2.37. The van der Waals surface area contributed by atoms with E-state index in [9.17, 15) is 13.2 Å². The van der Waals surface area contributed by atoms with Gasteiger partial charge in [-0.25, -0.2) is 15.0 Å². The first kappa shape index (κ1) is 27.7. The van der Waals surface area contributed by atoms with Gasteiger partial charge in [0.2, 0.25) is 11.9 Å². The van der Waals surface area contributed by atoms with E-state index in [2.05, 4.69) is 39.2 Å². The zero-order valence-corrected chi connectivity index (χ0v) is 23.4. The Bertz CT molecular complexity index is 1460. The molecule has 1 N–H and O–H groups in total. The van der Waals surface area contributed by atoms with Gasteiger partial charge in [0.25, 0.3) is 0 Å². The quantitative estimate of drug-likeness (QED) is 0.291. The summed E-state index contributed by atoms with van der Waals surface area (Å²) < 4.78 is 55.5. The van der Waals surface area contributed by atoms with Crippen LogP contribution in [0, 0.1) is 0 Å². The van der Waals surface area contributed by atoms with Gasteiger partial charge in [0.15, 0.2) is 5.65 Å². The number of hydrogen-bond acceptors (Lipinski definition) is 8. The van der Waals surface area contributed by atoms with Crippen LogP contribution in [-0.2, 0) is 28.9 Å². The number of nitrogens with one attached hydrogen (secondary N) is 1. The van der Waals surface area contributed by atoms with Crippen LogP contribution in [0.5, 0.6) is 0 Å². The van der Waals surface area contributed by atoms with Crippen LogP contribution in [0.3, 0.4) is 0 Å². The minimum Gasteiger partial charge on any atom is -0.378 e. The summed E-state index contributed by atoms with van der Waals surface area (Å²) in [6.45, 7) is 2.82. The van der Waals surface area contributed by atoms with Crippen molar-refractivity contribution < 1.29 is 22.6 Å². The minimum absolute atomic E-state index is 0.117. The molecular formula is C24H30ClF3N8O2S. The molecule has 4 heterocycles. The first-order valence-corrected chi connectivity index (χ1v) is 15.7. The Morgan fingerprint density at radius 1 is 1.13 bits per heavy atom. The van der Waals surface area contributed by atoms with Gasteiger partial charge in [0, 0.05) is 23.9 Å². The highest BCUT2D eigenvalue weighted by atomic mass is 35.5. The molecule has 0 aliphatic carbocycles. The predicted molar refractivity (Wildman–Crippen MR) is 147 cm³/mol. The zero-order valence-electron chi connectivity index (χ0n) is 21.8. The number of ether oxygens (including phenoxy) is 2. The van der Waals surface area contributed by atoms with E-state index in [-0.39, 0.29) is 30.8 Å². The summed E-state index contributed by atoms with van der Waals surface area (Å²) in [5.41, 5.74) is 0.262. The van der Waals surface area contributed by atoms with Crippen LogP contribution >= 0.6 is 21.6 Å². The molecule has 0 atom stereocenters. The van der Waals surface area contributed by atoms with Gasteiger partial charge in [-0.3, -0.25) is 0 Å². The van der Waals surface area contributed by atoms with Gasteiger partial charge in [-0.1, -0.05) is 11.6 Å². The smallest absolute Gasteiger partial charge is 0.378 e. The lowest BCUT2D eigenvalue weighted by molar-refractivity contribution is -0.136. The van der Waals surface area contributed by atoms with Crippen molar-refractivity contribution in [1.82, 2.24) is 29.1 Å². The highest BCUT2D eigenvalue weighted by molar-refractivity contribution is 8.32. The largest absolute Gasteiger partial charge is 0.421 e. The third-order valence-corrected chi connectivity index (χ3v) is 7.84. The summed E-state index contributed by atoms with van der Waals surface area (Å²) in [6, 6.07) is 5.41. The maximum absolute atomic E-state index is 13.7. The number of rotatable bonds is 9. The molecule has 212 valence electrons. The Balaban J connectivity index is 1.47. The number of benzene rings is 1. The summed E-state index contributed by atoms with van der Waals surface area (Å²) in [5, 5.41) is 7.63. The van der Waals surface area contributed by atoms with Crippen LogP contribution in [0.15, 0.2) is 24.4 Å². The van der Waals surface area contributed by atoms with Crippen molar-refractivity contribution in [2.45, 2.75) is 19.5 Å². The van der Waals surface area contributed by atoms with Crippen molar-refractivity contribution in [2.24, 2.45) is 0 Å². The van der Waals surface area contributed by atoms with Crippen LogP contribution in [0.25, 0.3) is 16.7 Å². The molecule has 4 aromatic rings. The van der Waals surface area contributed by atoms with Crippen LogP contribution in [0.2, 0.25) is 5.02 Å². The Morgan fingerprint density at radius 2 is 1.90 bits per heavy atom. The van der Waals surface area contributed by atoms with Crippen molar-refractivity contribution in [3.05, 3.63) is 40.8 Å². The highest BCUT2D eigenvalue weighted by Gasteiger charge is 2.36. The number of nitrogens with zero attached hydrogens (tertiary/aromatic N) is 7. The second-order valence-electron chi connectivity index (χ2n) is 10.0. The Labute approximate surface area is 229 Å². The highest BCUT2D eigenvalue weighted by Crippen LogP contribution is 2.34. The molecule has 1 aliphatic rings. The van der Waals surface area contributed by atoms with Gasteiger partial charge >= 0.3 is 6.18 Å². The summed E-state index contributed by atoms with van der Waals surface area (Å²) in [7, 11) is -0.708. The van der Waals surface area contributed by atoms with Gasteiger partial charge in [0.1, 0.15) is 18.1 Å². The number of anilines is 2. The molecule has 0 spiro atoms. The molecule has 0 bridgehead atoms. The third-order valence-electron chi connectivity index (χ3n) is 6.21. The van der Waals surface area contributed by atoms with E-state index < -0.39 is 21.8 Å². The molecule has 1 aliphatic heterocycles. The first-order chi connectivity index (χ1) is 18.5. The van der Waals surface area contributed by atoms with Crippen LogP contribution in [-0.4, -0.2) is 86.6 Å². The average molecular weight is 587 g/mol. The van der Waals surface area contributed by atoms with Crippen molar-refractivity contribution in [1.29, 1.82) is 0 Å². The maximum Gasteiger partial charge on any atom is 0.421 e. The van der Waals surface area contributed by atoms with Gasteiger partial charge in [-0.05, 0) is 37.0 Å².